The number of benzene rings is 3. The van der Waals surface area contributed by atoms with Crippen molar-refractivity contribution in [2.75, 3.05) is 15.5 Å². The zero-order chi connectivity index (χ0) is 24.7. The molecule has 2 N–H and O–H groups in total. The number of hydrogen-bond acceptors (Lipinski definition) is 3. The maximum atomic E-state index is 13.8. The van der Waals surface area contributed by atoms with Crippen LogP contribution in [0, 0.1) is 5.41 Å². The zero-order valence-electron chi connectivity index (χ0n) is 19.4. The second kappa shape index (κ2) is 9.30. The molecule has 1 aliphatic carbocycles. The molecule has 7 heteroatoms. The summed E-state index contributed by atoms with van der Waals surface area (Å²) in [7, 11) is 0. The fourth-order valence-corrected chi connectivity index (χ4v) is 5.54. The molecule has 35 heavy (non-hydrogen) atoms. The van der Waals surface area contributed by atoms with Crippen LogP contribution < -0.4 is 15.5 Å². The van der Waals surface area contributed by atoms with Crippen molar-refractivity contribution in [1.82, 2.24) is 0 Å². The lowest BCUT2D eigenvalue weighted by Crippen LogP contribution is -2.41. The first-order chi connectivity index (χ1) is 16.7. The lowest BCUT2D eigenvalue weighted by Gasteiger charge is -2.38. The van der Waals surface area contributed by atoms with E-state index in [4.69, 9.17) is 35.4 Å². The summed E-state index contributed by atoms with van der Waals surface area (Å²) in [4.78, 5) is 15.8. The standard InChI is InChI=1S/C28H25Cl2N3OS/c1-28(2)15-22-25(24(34)16-28)26(17-12-13-19(29)20(30)14-17)33(23-11-7-6-10-21(23)32-22)27(35)31-18-8-4-3-5-9-18/h3-14,26,32H,15-16H2,1-2H3,(H,31,35)/t26-/m0/s1. The second-order valence-corrected chi connectivity index (χ2v) is 10.9. The highest BCUT2D eigenvalue weighted by atomic mass is 35.5. The van der Waals surface area contributed by atoms with E-state index in [1.165, 1.54) is 0 Å². The number of allylic oxidation sites excluding steroid dienone is 1. The number of halogens is 2. The van der Waals surface area contributed by atoms with Crippen molar-refractivity contribution >= 4 is 63.4 Å². The minimum absolute atomic E-state index is 0.0974. The van der Waals surface area contributed by atoms with Crippen molar-refractivity contribution in [2.24, 2.45) is 5.41 Å². The van der Waals surface area contributed by atoms with Gasteiger partial charge in [0.15, 0.2) is 10.9 Å². The molecule has 0 radical (unpaired) electrons. The number of nitrogens with zero attached hydrogens (tertiary/aromatic N) is 1. The largest absolute Gasteiger partial charge is 0.357 e. The molecule has 0 fully saturated rings. The third kappa shape index (κ3) is 4.68. The van der Waals surface area contributed by atoms with E-state index in [0.717, 1.165) is 34.7 Å². The van der Waals surface area contributed by atoms with Gasteiger partial charge in [0.05, 0.1) is 27.5 Å². The van der Waals surface area contributed by atoms with Gasteiger partial charge in [-0.15, -0.1) is 0 Å². The first-order valence-corrected chi connectivity index (χ1v) is 12.6. The summed E-state index contributed by atoms with van der Waals surface area (Å²) in [6.07, 6.45) is 1.20. The first kappa shape index (κ1) is 23.9. The monoisotopic (exact) mass is 521 g/mol. The lowest BCUT2D eigenvalue weighted by atomic mass is 9.73. The van der Waals surface area contributed by atoms with Crippen LogP contribution in [0.1, 0.15) is 38.3 Å². The molecule has 0 aromatic heterocycles. The molecule has 0 unspecified atom stereocenters. The summed E-state index contributed by atoms with van der Waals surface area (Å²) in [5.41, 5.74) is 4.94. The number of carbonyl (C=O) groups is 1. The van der Waals surface area contributed by atoms with Crippen molar-refractivity contribution in [3.8, 4) is 0 Å². The predicted molar refractivity (Wildman–Crippen MR) is 149 cm³/mol. The Kier molecular flexibility index (Phi) is 6.34. The summed E-state index contributed by atoms with van der Waals surface area (Å²) >= 11 is 18.7. The Hall–Kier alpha value is -2.86. The molecule has 0 spiro atoms. The average Bonchev–Trinajstić information content (AvgIpc) is 2.95. The molecule has 0 saturated heterocycles. The normalized spacial score (nSPS) is 18.8. The van der Waals surface area contributed by atoms with Crippen LogP contribution in [0.2, 0.25) is 10.0 Å². The van der Waals surface area contributed by atoms with Crippen LogP contribution in [0.15, 0.2) is 84.1 Å². The molecule has 4 nitrogen and oxygen atoms in total. The minimum Gasteiger partial charge on any atom is -0.357 e. The van der Waals surface area contributed by atoms with Gasteiger partial charge in [0.25, 0.3) is 0 Å². The summed E-state index contributed by atoms with van der Waals surface area (Å²) in [6, 6.07) is 22.8. The number of rotatable bonds is 2. The fourth-order valence-electron chi connectivity index (χ4n) is 4.91. The Morgan fingerprint density at radius 1 is 1.00 bits per heavy atom. The predicted octanol–water partition coefficient (Wildman–Crippen LogP) is 8.01. The van der Waals surface area contributed by atoms with Gasteiger partial charge in [-0.05, 0) is 66.0 Å². The van der Waals surface area contributed by atoms with E-state index in [9.17, 15) is 4.79 Å². The number of carbonyl (C=O) groups excluding carboxylic acids is 1. The molecule has 5 rings (SSSR count). The van der Waals surface area contributed by atoms with Crippen LogP contribution in [0.25, 0.3) is 0 Å². The Balaban J connectivity index is 1.74. The molecule has 0 bridgehead atoms. The molecule has 3 aromatic carbocycles. The number of Topliss-reactive ketones (excluding diaryl/α,β-unsaturated/α-hetero) is 1. The summed E-state index contributed by atoms with van der Waals surface area (Å²) in [6.45, 7) is 4.25. The van der Waals surface area contributed by atoms with E-state index in [2.05, 4.69) is 24.5 Å². The van der Waals surface area contributed by atoms with Crippen molar-refractivity contribution in [3.63, 3.8) is 0 Å². The molecule has 0 amide bonds. The van der Waals surface area contributed by atoms with Gasteiger partial charge in [-0.1, -0.05) is 73.4 Å². The summed E-state index contributed by atoms with van der Waals surface area (Å²) in [5.74, 6) is 0.0974. The number of anilines is 3. The molecule has 1 heterocycles. The number of thiocarbonyl (C=S) groups is 1. The van der Waals surface area contributed by atoms with Gasteiger partial charge >= 0.3 is 0 Å². The zero-order valence-corrected chi connectivity index (χ0v) is 21.8. The molecular weight excluding hydrogens is 497 g/mol. The van der Waals surface area contributed by atoms with Gasteiger partial charge in [0, 0.05) is 23.4 Å². The molecule has 2 aliphatic rings. The number of fused-ring (bicyclic) bond motifs is 1. The highest BCUT2D eigenvalue weighted by molar-refractivity contribution is 7.80. The Morgan fingerprint density at radius 2 is 1.71 bits per heavy atom. The average molecular weight is 523 g/mol. The number of nitrogens with one attached hydrogen (secondary N) is 2. The molecule has 3 aromatic rings. The first-order valence-electron chi connectivity index (χ1n) is 11.5. The number of ketones is 1. The highest BCUT2D eigenvalue weighted by Gasteiger charge is 2.42. The van der Waals surface area contributed by atoms with Crippen LogP contribution in [-0.2, 0) is 4.79 Å². The van der Waals surface area contributed by atoms with Gasteiger partial charge < -0.3 is 15.5 Å². The molecule has 1 atom stereocenters. The van der Waals surface area contributed by atoms with E-state index >= 15 is 0 Å². The maximum Gasteiger partial charge on any atom is 0.178 e. The van der Waals surface area contributed by atoms with Crippen LogP contribution in [0.4, 0.5) is 17.1 Å². The number of para-hydroxylation sites is 3. The minimum atomic E-state index is -0.483. The summed E-state index contributed by atoms with van der Waals surface area (Å²) in [5, 5.41) is 8.34. The van der Waals surface area contributed by atoms with Crippen LogP contribution in [-0.4, -0.2) is 10.9 Å². The second-order valence-electron chi connectivity index (χ2n) is 9.72. The topological polar surface area (TPSA) is 44.4 Å². The molecule has 178 valence electrons. The third-order valence-corrected chi connectivity index (χ3v) is 7.44. The molecule has 0 saturated carbocycles. The lowest BCUT2D eigenvalue weighted by molar-refractivity contribution is -0.118. The SMILES string of the molecule is CC1(C)CC(=O)C2=C(C1)Nc1ccccc1N(C(=S)Nc1ccccc1)[C@H]2c1ccc(Cl)c(Cl)c1. The Morgan fingerprint density at radius 3 is 2.46 bits per heavy atom. The van der Waals surface area contributed by atoms with E-state index in [0.29, 0.717) is 27.2 Å². The van der Waals surface area contributed by atoms with Gasteiger partial charge in [-0.2, -0.15) is 0 Å². The molecular formula is C28H25Cl2N3OS. The Bertz CT molecular complexity index is 1350. The van der Waals surface area contributed by atoms with E-state index in [-0.39, 0.29) is 11.2 Å². The quantitative estimate of drug-likeness (QED) is 0.334. The fraction of sp³-hybridized carbons (Fsp3) is 0.214. The van der Waals surface area contributed by atoms with Crippen molar-refractivity contribution < 1.29 is 4.79 Å². The summed E-state index contributed by atoms with van der Waals surface area (Å²) < 4.78 is 0. The van der Waals surface area contributed by atoms with Crippen LogP contribution in [0.3, 0.4) is 0 Å². The highest BCUT2D eigenvalue weighted by Crippen LogP contribution is 2.49. The van der Waals surface area contributed by atoms with E-state index < -0.39 is 6.04 Å². The molecule has 1 aliphatic heterocycles. The van der Waals surface area contributed by atoms with E-state index in [1.54, 1.807) is 6.07 Å². The van der Waals surface area contributed by atoms with Gasteiger partial charge in [-0.3, -0.25) is 4.79 Å². The number of hydrogen-bond donors (Lipinski definition) is 2. The van der Waals surface area contributed by atoms with Crippen LogP contribution in [0.5, 0.6) is 0 Å². The maximum absolute atomic E-state index is 13.8. The van der Waals surface area contributed by atoms with Crippen molar-refractivity contribution in [2.45, 2.75) is 32.7 Å². The van der Waals surface area contributed by atoms with Crippen molar-refractivity contribution in [1.29, 1.82) is 0 Å². The Labute approximate surface area is 220 Å². The van der Waals surface area contributed by atoms with Gasteiger partial charge in [-0.25, -0.2) is 0 Å². The van der Waals surface area contributed by atoms with Crippen LogP contribution >= 0.6 is 35.4 Å². The van der Waals surface area contributed by atoms with E-state index in [1.807, 2.05) is 71.6 Å². The van der Waals surface area contributed by atoms with Gasteiger partial charge in [0.1, 0.15) is 0 Å². The van der Waals surface area contributed by atoms with Gasteiger partial charge in [0.2, 0.25) is 0 Å². The van der Waals surface area contributed by atoms with Crippen molar-refractivity contribution in [3.05, 3.63) is 99.7 Å². The third-order valence-electron chi connectivity index (χ3n) is 6.40. The smallest absolute Gasteiger partial charge is 0.178 e.